The lowest BCUT2D eigenvalue weighted by Gasteiger charge is -2.28. The fourth-order valence-electron chi connectivity index (χ4n) is 5.48. The largest absolute Gasteiger partial charge is 0.344 e. The smallest absolute Gasteiger partial charge is 0.253 e. The van der Waals surface area contributed by atoms with Gasteiger partial charge in [0.15, 0.2) is 0 Å². The lowest BCUT2D eigenvalue weighted by atomic mass is 9.97. The third-order valence-electron chi connectivity index (χ3n) is 7.97. The minimum absolute atomic E-state index is 0.0720. The molecule has 4 aromatic rings. The molecule has 226 valence electrons. The zero-order valence-electron chi connectivity index (χ0n) is 25.2. The topological polar surface area (TPSA) is 122 Å². The van der Waals surface area contributed by atoms with Crippen LogP contribution in [0.3, 0.4) is 0 Å². The van der Waals surface area contributed by atoms with E-state index in [9.17, 15) is 14.4 Å². The second-order valence-corrected chi connectivity index (χ2v) is 12.5. The number of hydrogen-bond acceptors (Lipinski definition) is 7. The van der Waals surface area contributed by atoms with E-state index < -0.39 is 12.1 Å². The van der Waals surface area contributed by atoms with Crippen LogP contribution in [-0.2, 0) is 22.6 Å². The summed E-state index contributed by atoms with van der Waals surface area (Å²) in [5, 5.41) is 11.8. The second kappa shape index (κ2) is 13.5. The number of fused-ring (bicyclic) bond motifs is 2. The molecule has 0 saturated heterocycles. The quantitative estimate of drug-likeness (QED) is 0.350. The van der Waals surface area contributed by atoms with E-state index in [0.717, 1.165) is 27.2 Å². The van der Waals surface area contributed by atoms with Gasteiger partial charge in [0.05, 0.1) is 27.8 Å². The van der Waals surface area contributed by atoms with Gasteiger partial charge in [0, 0.05) is 25.1 Å². The molecule has 0 radical (unpaired) electrons. The Morgan fingerprint density at radius 3 is 2.60 bits per heavy atom. The number of carbonyl (C=O) groups is 3. The van der Waals surface area contributed by atoms with Crippen molar-refractivity contribution >= 4 is 39.3 Å². The van der Waals surface area contributed by atoms with Gasteiger partial charge in [0.25, 0.3) is 5.91 Å². The van der Waals surface area contributed by atoms with Crippen LogP contribution < -0.4 is 10.6 Å². The first-order chi connectivity index (χ1) is 20.7. The Kier molecular flexibility index (Phi) is 9.49. The van der Waals surface area contributed by atoms with Crippen LogP contribution in [0.25, 0.3) is 10.2 Å². The Morgan fingerprint density at radius 1 is 1.05 bits per heavy atom. The van der Waals surface area contributed by atoms with Crippen molar-refractivity contribution in [1.29, 1.82) is 0 Å². The number of amides is 3. The number of rotatable bonds is 5. The molecule has 0 spiro atoms. The molecule has 0 aliphatic carbocycles. The molecule has 1 aliphatic heterocycles. The van der Waals surface area contributed by atoms with Gasteiger partial charge in [0.2, 0.25) is 11.8 Å². The molecule has 10 nitrogen and oxygen atoms in total. The highest BCUT2D eigenvalue weighted by Gasteiger charge is 2.31. The summed E-state index contributed by atoms with van der Waals surface area (Å²) in [5.41, 5.74) is 2.50. The third kappa shape index (κ3) is 7.27. The highest BCUT2D eigenvalue weighted by atomic mass is 32.1. The Bertz CT molecular complexity index is 1600. The van der Waals surface area contributed by atoms with Crippen molar-refractivity contribution in [3.05, 3.63) is 76.3 Å². The lowest BCUT2D eigenvalue weighted by Crippen LogP contribution is -2.51. The standard InChI is InChI=1S/C32H39N7O3S/c1-5-20(2)29-31(41)35-26(18-23-10-7-6-8-11-23)30-33-21(3)37-39(30)17-16-38(15-9-12-28(40)36-29)32(42)24-13-14-25-27(19-24)43-22(4)34-25/h6-8,10-11,13-14,19-20,26,29H,5,9,12,15-18H2,1-4H3,(H,35,41)(H,36,40)/t20-,26-,29-/m0/s1. The van der Waals surface area contributed by atoms with Crippen LogP contribution in [0.1, 0.15) is 71.7 Å². The highest BCUT2D eigenvalue weighted by Crippen LogP contribution is 2.24. The average Bonchev–Trinajstić information content (AvgIpc) is 3.56. The van der Waals surface area contributed by atoms with Crippen LogP contribution in [0.15, 0.2) is 48.5 Å². The maximum absolute atomic E-state index is 13.8. The minimum atomic E-state index is -0.691. The first kappa shape index (κ1) is 30.3. The van der Waals surface area contributed by atoms with E-state index in [1.54, 1.807) is 16.2 Å². The van der Waals surface area contributed by atoms with Crippen LogP contribution in [0.5, 0.6) is 0 Å². The van der Waals surface area contributed by atoms with E-state index in [0.29, 0.717) is 49.7 Å². The van der Waals surface area contributed by atoms with Gasteiger partial charge >= 0.3 is 0 Å². The van der Waals surface area contributed by atoms with Crippen molar-refractivity contribution in [2.24, 2.45) is 5.92 Å². The van der Waals surface area contributed by atoms with E-state index >= 15 is 0 Å². The molecule has 0 unspecified atom stereocenters. The van der Waals surface area contributed by atoms with Gasteiger partial charge in [-0.05, 0) is 56.4 Å². The predicted molar refractivity (Wildman–Crippen MR) is 167 cm³/mol. The number of carbonyl (C=O) groups excluding carboxylic acids is 3. The maximum Gasteiger partial charge on any atom is 0.253 e. The Labute approximate surface area is 255 Å². The summed E-state index contributed by atoms with van der Waals surface area (Å²) in [6.45, 7) is 8.91. The summed E-state index contributed by atoms with van der Waals surface area (Å²) < 4.78 is 2.77. The average molecular weight is 602 g/mol. The normalized spacial score (nSPS) is 19.3. The molecule has 2 aromatic heterocycles. The van der Waals surface area contributed by atoms with E-state index in [-0.39, 0.29) is 30.1 Å². The van der Waals surface area contributed by atoms with Crippen LogP contribution in [0, 0.1) is 19.8 Å². The maximum atomic E-state index is 13.8. The SMILES string of the molecule is CC[C@H](C)[C@@H]1NC(=O)CCCN(C(=O)c2ccc3nc(C)sc3c2)CCn2nc(C)nc2[C@H](Cc2ccccc2)NC1=O. The first-order valence-corrected chi connectivity index (χ1v) is 15.7. The summed E-state index contributed by atoms with van der Waals surface area (Å²) in [7, 11) is 0. The van der Waals surface area contributed by atoms with E-state index in [1.807, 2.05) is 80.9 Å². The fraction of sp³-hybridized carbons (Fsp3) is 0.438. The summed E-state index contributed by atoms with van der Waals surface area (Å²) in [6.07, 6.45) is 1.90. The number of nitrogens with zero attached hydrogens (tertiary/aromatic N) is 5. The van der Waals surface area contributed by atoms with E-state index in [2.05, 4.69) is 20.7 Å². The molecule has 11 heteroatoms. The van der Waals surface area contributed by atoms with Gasteiger partial charge in [-0.15, -0.1) is 11.3 Å². The van der Waals surface area contributed by atoms with Crippen LogP contribution >= 0.6 is 11.3 Å². The summed E-state index contributed by atoms with van der Waals surface area (Å²) in [5.74, 6) is 0.586. The van der Waals surface area contributed by atoms with Crippen molar-refractivity contribution < 1.29 is 14.4 Å². The van der Waals surface area contributed by atoms with Crippen molar-refractivity contribution in [3.8, 4) is 0 Å². The molecule has 5 rings (SSSR count). The number of aryl methyl sites for hydroxylation is 2. The molecule has 0 bridgehead atoms. The van der Waals surface area contributed by atoms with Crippen LogP contribution in [0.4, 0.5) is 0 Å². The van der Waals surface area contributed by atoms with Gasteiger partial charge in [-0.3, -0.25) is 14.4 Å². The second-order valence-electron chi connectivity index (χ2n) is 11.2. The van der Waals surface area contributed by atoms with Crippen LogP contribution in [0.2, 0.25) is 0 Å². The minimum Gasteiger partial charge on any atom is -0.344 e. The number of benzene rings is 2. The molecule has 2 N–H and O–H groups in total. The van der Waals surface area contributed by atoms with Gasteiger partial charge in [0.1, 0.15) is 17.7 Å². The summed E-state index contributed by atoms with van der Waals surface area (Å²) in [4.78, 5) is 51.6. The molecule has 43 heavy (non-hydrogen) atoms. The molecule has 3 amide bonds. The van der Waals surface area contributed by atoms with Gasteiger partial charge in [-0.1, -0.05) is 50.6 Å². The van der Waals surface area contributed by atoms with Gasteiger partial charge in [-0.25, -0.2) is 14.6 Å². The molecule has 3 heterocycles. The third-order valence-corrected chi connectivity index (χ3v) is 8.91. The van der Waals surface area contributed by atoms with Gasteiger partial charge in [-0.2, -0.15) is 5.10 Å². The number of hydrogen-bond donors (Lipinski definition) is 2. The van der Waals surface area contributed by atoms with Gasteiger partial charge < -0.3 is 15.5 Å². The molecule has 1 aliphatic rings. The van der Waals surface area contributed by atoms with E-state index in [1.165, 1.54) is 0 Å². The fourth-order valence-corrected chi connectivity index (χ4v) is 6.34. The number of nitrogens with one attached hydrogen (secondary N) is 2. The molecule has 2 aromatic carbocycles. The molecule has 0 fully saturated rings. The number of thiazole rings is 1. The van der Waals surface area contributed by atoms with Crippen molar-refractivity contribution in [2.45, 2.75) is 72.0 Å². The zero-order valence-corrected chi connectivity index (χ0v) is 26.0. The molecule has 0 saturated carbocycles. The Balaban J connectivity index is 1.49. The van der Waals surface area contributed by atoms with Crippen molar-refractivity contribution in [1.82, 2.24) is 35.3 Å². The first-order valence-electron chi connectivity index (χ1n) is 14.9. The highest BCUT2D eigenvalue weighted by molar-refractivity contribution is 7.18. The van der Waals surface area contributed by atoms with Crippen molar-refractivity contribution in [3.63, 3.8) is 0 Å². The Morgan fingerprint density at radius 2 is 1.84 bits per heavy atom. The lowest BCUT2D eigenvalue weighted by molar-refractivity contribution is -0.130. The zero-order chi connectivity index (χ0) is 30.5. The van der Waals surface area contributed by atoms with Crippen LogP contribution in [-0.4, -0.2) is 61.5 Å². The Hall–Kier alpha value is -4.12. The predicted octanol–water partition coefficient (Wildman–Crippen LogP) is 4.37. The monoisotopic (exact) mass is 601 g/mol. The molecular formula is C32H39N7O3S. The summed E-state index contributed by atoms with van der Waals surface area (Å²) >= 11 is 1.56. The molecular weight excluding hydrogens is 562 g/mol. The van der Waals surface area contributed by atoms with Crippen molar-refractivity contribution in [2.75, 3.05) is 13.1 Å². The molecule has 3 atom stereocenters. The number of aromatic nitrogens is 4. The van der Waals surface area contributed by atoms with E-state index in [4.69, 9.17) is 4.98 Å². The summed E-state index contributed by atoms with van der Waals surface area (Å²) in [6, 6.07) is 14.3.